The fraction of sp³-hybridized carbons (Fsp3) is 0.238. The van der Waals surface area contributed by atoms with Gasteiger partial charge in [0.15, 0.2) is 5.69 Å². The molecule has 150 valence electrons. The van der Waals surface area contributed by atoms with E-state index in [1.165, 1.54) is 18.3 Å². The van der Waals surface area contributed by atoms with Gasteiger partial charge in [0.25, 0.3) is 5.56 Å². The second-order valence-corrected chi connectivity index (χ2v) is 7.96. The van der Waals surface area contributed by atoms with Crippen LogP contribution in [0.5, 0.6) is 0 Å². The molecule has 8 heteroatoms. The molecule has 3 heterocycles. The van der Waals surface area contributed by atoms with Gasteiger partial charge in [-0.3, -0.25) is 4.79 Å². The standard InChI is InChI=1S/C21H18F3N3OS/c1-10(9-25)12-3-5-13(6-4-12)15-16-14-7-8-29-18(14)20(28)27-17(16)11(2)26-19(15)21(22,23)24/h3-8,10H,9,25H2,1-2H3,(H,27,28). The Morgan fingerprint density at radius 2 is 1.90 bits per heavy atom. The predicted molar refractivity (Wildman–Crippen MR) is 110 cm³/mol. The molecule has 0 aliphatic rings. The Kier molecular flexibility index (Phi) is 4.71. The van der Waals surface area contributed by atoms with Crippen molar-refractivity contribution in [2.24, 2.45) is 5.73 Å². The van der Waals surface area contributed by atoms with Crippen LogP contribution in [0, 0.1) is 6.92 Å². The van der Waals surface area contributed by atoms with E-state index in [4.69, 9.17) is 5.73 Å². The maximum Gasteiger partial charge on any atom is 0.433 e. The van der Waals surface area contributed by atoms with Crippen molar-refractivity contribution < 1.29 is 13.2 Å². The van der Waals surface area contributed by atoms with Crippen LogP contribution in [0.4, 0.5) is 13.2 Å². The van der Waals surface area contributed by atoms with Crippen LogP contribution in [0.15, 0.2) is 40.5 Å². The van der Waals surface area contributed by atoms with Gasteiger partial charge in [0.05, 0.1) is 11.2 Å². The first-order chi connectivity index (χ1) is 13.7. The summed E-state index contributed by atoms with van der Waals surface area (Å²) >= 11 is 1.20. The number of pyridine rings is 2. The number of nitrogens with two attached hydrogens (primary N) is 1. The van der Waals surface area contributed by atoms with E-state index in [-0.39, 0.29) is 22.7 Å². The number of benzene rings is 1. The molecule has 0 bridgehead atoms. The Morgan fingerprint density at radius 1 is 1.21 bits per heavy atom. The minimum absolute atomic E-state index is 0.0234. The van der Waals surface area contributed by atoms with Crippen molar-refractivity contribution in [1.82, 2.24) is 9.97 Å². The lowest BCUT2D eigenvalue weighted by atomic mass is 9.93. The van der Waals surface area contributed by atoms with Crippen molar-refractivity contribution in [3.63, 3.8) is 0 Å². The van der Waals surface area contributed by atoms with E-state index in [1.807, 2.05) is 6.92 Å². The number of nitrogens with one attached hydrogen (secondary N) is 1. The number of aromatic nitrogens is 2. The summed E-state index contributed by atoms with van der Waals surface area (Å²) in [5.74, 6) is 0.0963. The fourth-order valence-electron chi connectivity index (χ4n) is 3.58. The maximum absolute atomic E-state index is 14.0. The van der Waals surface area contributed by atoms with Crippen LogP contribution in [0.2, 0.25) is 0 Å². The lowest BCUT2D eigenvalue weighted by Gasteiger charge is -2.18. The van der Waals surface area contributed by atoms with Gasteiger partial charge in [-0.1, -0.05) is 31.2 Å². The molecule has 29 heavy (non-hydrogen) atoms. The molecule has 3 N–H and O–H groups in total. The molecule has 0 aliphatic carbocycles. The average Bonchev–Trinajstić information content (AvgIpc) is 3.18. The first-order valence-corrected chi connectivity index (χ1v) is 9.91. The van der Waals surface area contributed by atoms with Gasteiger partial charge in [0.2, 0.25) is 0 Å². The van der Waals surface area contributed by atoms with E-state index in [0.717, 1.165) is 5.56 Å². The number of hydrogen-bond donors (Lipinski definition) is 2. The molecule has 0 spiro atoms. The van der Waals surface area contributed by atoms with E-state index >= 15 is 0 Å². The number of alkyl halides is 3. The topological polar surface area (TPSA) is 71.8 Å². The number of aromatic amines is 1. The fourth-order valence-corrected chi connectivity index (χ4v) is 4.37. The number of aryl methyl sites for hydroxylation is 1. The molecule has 1 atom stereocenters. The Morgan fingerprint density at radius 3 is 2.52 bits per heavy atom. The lowest BCUT2D eigenvalue weighted by Crippen LogP contribution is -2.14. The second kappa shape index (κ2) is 6.96. The Balaban J connectivity index is 2.14. The molecule has 3 aromatic heterocycles. The zero-order chi connectivity index (χ0) is 20.9. The summed E-state index contributed by atoms with van der Waals surface area (Å²) in [5, 5.41) is 2.57. The first-order valence-electron chi connectivity index (χ1n) is 9.03. The summed E-state index contributed by atoms with van der Waals surface area (Å²) < 4.78 is 42.3. The van der Waals surface area contributed by atoms with Crippen LogP contribution < -0.4 is 11.3 Å². The van der Waals surface area contributed by atoms with Gasteiger partial charge < -0.3 is 10.7 Å². The van der Waals surface area contributed by atoms with E-state index in [9.17, 15) is 18.0 Å². The molecule has 0 saturated heterocycles. The second-order valence-electron chi connectivity index (χ2n) is 7.04. The van der Waals surface area contributed by atoms with Gasteiger partial charge in [-0.2, -0.15) is 13.2 Å². The van der Waals surface area contributed by atoms with Gasteiger partial charge >= 0.3 is 6.18 Å². The van der Waals surface area contributed by atoms with E-state index in [1.54, 1.807) is 35.7 Å². The third-order valence-electron chi connectivity index (χ3n) is 5.15. The van der Waals surface area contributed by atoms with Crippen molar-refractivity contribution >= 4 is 32.3 Å². The summed E-state index contributed by atoms with van der Waals surface area (Å²) in [6.45, 7) is 3.87. The molecule has 4 aromatic rings. The number of H-pyrrole nitrogens is 1. The average molecular weight is 417 g/mol. The SMILES string of the molecule is Cc1nc(C(F)(F)F)c(-c2ccc(C(C)CN)cc2)c2c1[nH]c(=O)c1sccc12. The summed E-state index contributed by atoms with van der Waals surface area (Å²) in [6.07, 6.45) is -4.64. The van der Waals surface area contributed by atoms with E-state index < -0.39 is 11.9 Å². The Bertz CT molecular complexity index is 1270. The van der Waals surface area contributed by atoms with Crippen LogP contribution in [0.25, 0.3) is 32.1 Å². The smallest absolute Gasteiger partial charge is 0.330 e. The van der Waals surface area contributed by atoms with Crippen LogP contribution in [0.3, 0.4) is 0 Å². The van der Waals surface area contributed by atoms with Crippen LogP contribution in [-0.4, -0.2) is 16.5 Å². The van der Waals surface area contributed by atoms with Gasteiger partial charge in [0.1, 0.15) is 4.70 Å². The largest absolute Gasteiger partial charge is 0.433 e. The number of fused-ring (bicyclic) bond motifs is 3. The summed E-state index contributed by atoms with van der Waals surface area (Å²) in [4.78, 5) is 18.9. The van der Waals surface area contributed by atoms with Gasteiger partial charge in [0, 0.05) is 16.3 Å². The molecule has 0 saturated carbocycles. The molecular weight excluding hydrogens is 399 g/mol. The summed E-state index contributed by atoms with van der Waals surface area (Å²) in [7, 11) is 0. The summed E-state index contributed by atoms with van der Waals surface area (Å²) in [5.41, 5.74) is 6.18. The monoisotopic (exact) mass is 417 g/mol. The quantitative estimate of drug-likeness (QED) is 0.482. The highest BCUT2D eigenvalue weighted by Gasteiger charge is 2.37. The zero-order valence-electron chi connectivity index (χ0n) is 15.7. The maximum atomic E-state index is 14.0. The van der Waals surface area contributed by atoms with E-state index in [2.05, 4.69) is 9.97 Å². The number of halogens is 3. The lowest BCUT2D eigenvalue weighted by molar-refractivity contribution is -0.140. The molecule has 0 aliphatic heterocycles. The van der Waals surface area contributed by atoms with Crippen molar-refractivity contribution in [2.75, 3.05) is 6.54 Å². The highest BCUT2D eigenvalue weighted by atomic mass is 32.1. The number of rotatable bonds is 3. The van der Waals surface area contributed by atoms with E-state index in [0.29, 0.717) is 33.1 Å². The van der Waals surface area contributed by atoms with Crippen LogP contribution in [-0.2, 0) is 6.18 Å². The van der Waals surface area contributed by atoms with Crippen molar-refractivity contribution in [3.05, 3.63) is 63.0 Å². The molecule has 0 fully saturated rings. The minimum atomic E-state index is -4.64. The molecule has 1 aromatic carbocycles. The third-order valence-corrected chi connectivity index (χ3v) is 6.06. The summed E-state index contributed by atoms with van der Waals surface area (Å²) in [6, 6.07) is 8.58. The van der Waals surface area contributed by atoms with Crippen molar-refractivity contribution in [2.45, 2.75) is 25.9 Å². The Labute approximate surface area is 168 Å². The predicted octanol–water partition coefficient (Wildman–Crippen LogP) is 5.19. The molecule has 4 nitrogen and oxygen atoms in total. The van der Waals surface area contributed by atoms with Gasteiger partial charge in [-0.15, -0.1) is 11.3 Å². The number of thiophene rings is 1. The molecule has 1 unspecified atom stereocenters. The number of hydrogen-bond acceptors (Lipinski definition) is 4. The van der Waals surface area contributed by atoms with Gasteiger partial charge in [-0.05, 0) is 42.0 Å². The first kappa shape index (κ1) is 19.6. The van der Waals surface area contributed by atoms with Crippen LogP contribution in [0.1, 0.15) is 29.8 Å². The normalized spacial score (nSPS) is 13.3. The van der Waals surface area contributed by atoms with Crippen molar-refractivity contribution in [3.8, 4) is 11.1 Å². The van der Waals surface area contributed by atoms with Crippen molar-refractivity contribution in [1.29, 1.82) is 0 Å². The molecular formula is C21H18F3N3OS. The molecule has 0 amide bonds. The molecule has 0 radical (unpaired) electrons. The Hall–Kier alpha value is -2.71. The molecule has 4 rings (SSSR count). The van der Waals surface area contributed by atoms with Gasteiger partial charge in [-0.25, -0.2) is 4.98 Å². The van der Waals surface area contributed by atoms with Crippen LogP contribution >= 0.6 is 11.3 Å². The highest BCUT2D eigenvalue weighted by molar-refractivity contribution is 7.17. The minimum Gasteiger partial charge on any atom is -0.330 e. The zero-order valence-corrected chi connectivity index (χ0v) is 16.5. The third kappa shape index (κ3) is 3.22. The number of nitrogens with zero attached hydrogens (tertiary/aromatic N) is 1. The highest BCUT2D eigenvalue weighted by Crippen LogP contribution is 2.42.